The maximum absolute atomic E-state index is 14.2. The van der Waals surface area contributed by atoms with Gasteiger partial charge in [0.25, 0.3) is 11.8 Å². The summed E-state index contributed by atoms with van der Waals surface area (Å²) in [5.41, 5.74) is 5.84. The van der Waals surface area contributed by atoms with Crippen LogP contribution in [0.25, 0.3) is 0 Å². The van der Waals surface area contributed by atoms with Gasteiger partial charge in [-0.25, -0.2) is 10.5 Å². The zero-order chi connectivity index (χ0) is 30.4. The molecule has 2 N–H and O–H groups in total. The molecule has 0 aromatic heterocycles. The number of carboxylic acid groups (broad SMARTS) is 1. The molecule has 8 nitrogen and oxygen atoms in total. The number of nitrogens with one attached hydrogen (secondary N) is 1. The van der Waals surface area contributed by atoms with Gasteiger partial charge in [0.05, 0.1) is 25.0 Å². The van der Waals surface area contributed by atoms with E-state index in [0.717, 1.165) is 24.0 Å². The summed E-state index contributed by atoms with van der Waals surface area (Å²) in [4.78, 5) is 45.7. The molecule has 1 fully saturated rings. The number of allylic oxidation sites excluding steroid dienone is 3. The quantitative estimate of drug-likeness (QED) is 0.231. The van der Waals surface area contributed by atoms with Crippen LogP contribution in [0.3, 0.4) is 0 Å². The molecule has 0 radical (unpaired) electrons. The molecule has 2 aliphatic heterocycles. The minimum absolute atomic E-state index is 0.0786. The number of amides is 2. The van der Waals surface area contributed by atoms with Crippen molar-refractivity contribution in [1.29, 1.82) is 0 Å². The highest BCUT2D eigenvalue weighted by Gasteiger charge is 2.49. The molecule has 0 saturated carbocycles. The van der Waals surface area contributed by atoms with Crippen molar-refractivity contribution < 1.29 is 24.3 Å². The van der Waals surface area contributed by atoms with Crippen molar-refractivity contribution in [2.24, 2.45) is 0 Å². The first-order chi connectivity index (χ1) is 20.1. The number of piperidine rings is 1. The number of aliphatic carboxylic acids is 1. The molecule has 2 aromatic carbocycles. The molecular weight excluding hydrogens is 577 g/mol. The minimum Gasteiger partial charge on any atom is -0.481 e. The third-order valence-electron chi connectivity index (χ3n) is 7.46. The Kier molecular flexibility index (Phi) is 10.6. The average Bonchev–Trinajstić information content (AvgIpc) is 2.95. The Balaban J connectivity index is 1.80. The van der Waals surface area contributed by atoms with Gasteiger partial charge in [0, 0.05) is 28.2 Å². The van der Waals surface area contributed by atoms with Gasteiger partial charge in [0.15, 0.2) is 0 Å². The summed E-state index contributed by atoms with van der Waals surface area (Å²) in [6.45, 7) is 8.29. The van der Waals surface area contributed by atoms with Crippen molar-refractivity contribution in [3.8, 4) is 0 Å². The van der Waals surface area contributed by atoms with Crippen molar-refractivity contribution in [3.05, 3.63) is 105 Å². The molecule has 0 bridgehead atoms. The average molecular weight is 613 g/mol. The Hall–Kier alpha value is -3.43. The van der Waals surface area contributed by atoms with Gasteiger partial charge < -0.3 is 5.11 Å². The number of fused-ring (bicyclic) bond motifs is 1. The number of hydrogen-bond acceptors (Lipinski definition) is 5. The third-order valence-corrected chi connectivity index (χ3v) is 8.03. The Morgan fingerprint density at radius 3 is 2.57 bits per heavy atom. The highest BCUT2D eigenvalue weighted by Crippen LogP contribution is 2.47. The zero-order valence-electron chi connectivity index (χ0n) is 23.7. The Bertz CT molecular complexity index is 1420. The van der Waals surface area contributed by atoms with E-state index in [0.29, 0.717) is 34.7 Å². The molecule has 2 aliphatic rings. The summed E-state index contributed by atoms with van der Waals surface area (Å²) < 4.78 is 0. The van der Waals surface area contributed by atoms with Gasteiger partial charge in [-0.15, -0.1) is 0 Å². The summed E-state index contributed by atoms with van der Waals surface area (Å²) in [5, 5.41) is 13.7. The molecule has 4 rings (SSSR count). The lowest BCUT2D eigenvalue weighted by atomic mass is 9.79. The van der Waals surface area contributed by atoms with Crippen LogP contribution in [0.5, 0.6) is 0 Å². The van der Waals surface area contributed by atoms with Crippen LogP contribution in [-0.4, -0.2) is 52.1 Å². The van der Waals surface area contributed by atoms with E-state index in [1.165, 1.54) is 0 Å². The smallest absolute Gasteiger partial charge is 0.305 e. The first kappa shape index (κ1) is 31.5. The number of hydroxylamine groups is 1. The number of hydrazine groups is 1. The van der Waals surface area contributed by atoms with E-state index >= 15 is 0 Å². The Morgan fingerprint density at radius 1 is 1.12 bits per heavy atom. The fourth-order valence-electron chi connectivity index (χ4n) is 5.52. The van der Waals surface area contributed by atoms with Gasteiger partial charge in [-0.3, -0.25) is 24.2 Å². The third kappa shape index (κ3) is 7.13. The fourth-order valence-corrected chi connectivity index (χ4v) is 6.04. The molecule has 2 amide bonds. The highest BCUT2D eigenvalue weighted by molar-refractivity contribution is 6.35. The number of carbonyl (C=O) groups excluding carboxylic acids is 2. The molecule has 1 saturated heterocycles. The standard InChI is InChI=1S/C32H35Cl2N3O5/c1-4-21(13-12-20(2)3)19-42-35-31(40)29-24-10-5-6-11-25(24)32(41)37(30(29)26-15-14-22(33)17-27(26)34)36-16-8-7-9-23(36)18-28(38)39/h4-6,10-15,17,23,29-30H,1,7-9,16,18-19H2,2-3H3,(H,35,40)(H,38,39)/b21-13+. The van der Waals surface area contributed by atoms with Gasteiger partial charge >= 0.3 is 5.97 Å². The van der Waals surface area contributed by atoms with E-state index in [-0.39, 0.29) is 24.0 Å². The minimum atomic E-state index is -0.959. The molecule has 2 heterocycles. The fraction of sp³-hybridized carbons (Fsp3) is 0.344. The number of carboxylic acids is 1. The van der Waals surface area contributed by atoms with Crippen molar-refractivity contribution in [2.75, 3.05) is 13.2 Å². The van der Waals surface area contributed by atoms with Crippen LogP contribution in [0.1, 0.15) is 73.0 Å². The van der Waals surface area contributed by atoms with Crippen LogP contribution in [0.4, 0.5) is 0 Å². The van der Waals surface area contributed by atoms with Crippen LogP contribution in [0.15, 0.2) is 78.4 Å². The number of halogens is 2. The highest BCUT2D eigenvalue weighted by atomic mass is 35.5. The Labute approximate surface area is 256 Å². The Morgan fingerprint density at radius 2 is 1.88 bits per heavy atom. The molecule has 3 unspecified atom stereocenters. The number of hydrogen-bond donors (Lipinski definition) is 2. The largest absolute Gasteiger partial charge is 0.481 e. The molecule has 0 spiro atoms. The van der Waals surface area contributed by atoms with E-state index in [2.05, 4.69) is 12.1 Å². The zero-order valence-corrected chi connectivity index (χ0v) is 25.2. The number of rotatable bonds is 10. The van der Waals surface area contributed by atoms with E-state index in [1.54, 1.807) is 53.5 Å². The van der Waals surface area contributed by atoms with Crippen LogP contribution in [-0.2, 0) is 14.4 Å². The summed E-state index contributed by atoms with van der Waals surface area (Å²) in [6.07, 6.45) is 7.49. The lowest BCUT2D eigenvalue weighted by Crippen LogP contribution is -2.59. The van der Waals surface area contributed by atoms with Crippen molar-refractivity contribution >= 4 is 41.0 Å². The van der Waals surface area contributed by atoms with Crippen LogP contribution < -0.4 is 5.48 Å². The lowest BCUT2D eigenvalue weighted by Gasteiger charge is -2.50. The van der Waals surface area contributed by atoms with Crippen LogP contribution >= 0.6 is 23.2 Å². The normalized spacial score (nSPS) is 21.0. The van der Waals surface area contributed by atoms with E-state index < -0.39 is 29.9 Å². The topological polar surface area (TPSA) is 99.2 Å². The maximum Gasteiger partial charge on any atom is 0.305 e. The molecule has 3 atom stereocenters. The summed E-state index contributed by atoms with van der Waals surface area (Å²) in [5.74, 6) is -2.70. The number of nitrogens with zero attached hydrogens (tertiary/aromatic N) is 2. The second kappa shape index (κ2) is 14.2. The second-order valence-corrected chi connectivity index (χ2v) is 11.5. The number of carbonyl (C=O) groups is 3. The molecule has 10 heteroatoms. The molecule has 0 aliphatic carbocycles. The first-order valence-electron chi connectivity index (χ1n) is 13.9. The van der Waals surface area contributed by atoms with Gasteiger partial charge in [-0.05, 0) is 61.6 Å². The maximum atomic E-state index is 14.2. The molecular formula is C32H35Cl2N3O5. The van der Waals surface area contributed by atoms with Crippen LogP contribution in [0, 0.1) is 0 Å². The van der Waals surface area contributed by atoms with Gasteiger partial charge in [0.1, 0.15) is 0 Å². The molecule has 42 heavy (non-hydrogen) atoms. The van der Waals surface area contributed by atoms with E-state index in [4.69, 9.17) is 28.0 Å². The summed E-state index contributed by atoms with van der Waals surface area (Å²) in [7, 11) is 0. The van der Waals surface area contributed by atoms with Gasteiger partial charge in [0.2, 0.25) is 0 Å². The monoisotopic (exact) mass is 611 g/mol. The molecule has 222 valence electrons. The summed E-state index contributed by atoms with van der Waals surface area (Å²) >= 11 is 13.0. The predicted molar refractivity (Wildman–Crippen MR) is 163 cm³/mol. The van der Waals surface area contributed by atoms with Crippen molar-refractivity contribution in [3.63, 3.8) is 0 Å². The van der Waals surface area contributed by atoms with Crippen molar-refractivity contribution in [1.82, 2.24) is 15.5 Å². The summed E-state index contributed by atoms with van der Waals surface area (Å²) in [6, 6.07) is 10.6. The SMILES string of the molecule is C=C/C(=C\C=C(C)C)CONC(=O)C1c2ccccc2C(=O)N(N2CCCCC2CC(=O)O)C1c1ccc(Cl)cc1Cl. The van der Waals surface area contributed by atoms with Gasteiger partial charge in [-0.1, -0.05) is 84.3 Å². The van der Waals surface area contributed by atoms with Gasteiger partial charge in [-0.2, -0.15) is 0 Å². The predicted octanol–water partition coefficient (Wildman–Crippen LogP) is 6.64. The van der Waals surface area contributed by atoms with E-state index in [9.17, 15) is 19.5 Å². The molecule has 2 aromatic rings. The van der Waals surface area contributed by atoms with E-state index in [1.807, 2.05) is 31.0 Å². The lowest BCUT2D eigenvalue weighted by molar-refractivity contribution is -0.148. The van der Waals surface area contributed by atoms with Crippen molar-refractivity contribution in [2.45, 2.75) is 57.5 Å². The second-order valence-electron chi connectivity index (χ2n) is 10.7. The first-order valence-corrected chi connectivity index (χ1v) is 14.6. The number of benzene rings is 2. The van der Waals surface area contributed by atoms with Crippen LogP contribution in [0.2, 0.25) is 10.0 Å².